The number of carbonyl (C=O) groups excluding carboxylic acids is 4. The molecule has 0 spiro atoms. The van der Waals surface area contributed by atoms with Crippen molar-refractivity contribution in [3.63, 3.8) is 0 Å². The fourth-order valence-corrected chi connectivity index (χ4v) is 3.73. The molecule has 0 saturated carbocycles. The van der Waals surface area contributed by atoms with Gasteiger partial charge in [-0.2, -0.15) is 0 Å². The van der Waals surface area contributed by atoms with E-state index in [1.54, 1.807) is 30.3 Å². The van der Waals surface area contributed by atoms with Crippen LogP contribution >= 0.6 is 0 Å². The van der Waals surface area contributed by atoms with Crippen molar-refractivity contribution in [2.75, 3.05) is 18.6 Å². The maximum absolute atomic E-state index is 13.0. The minimum absolute atomic E-state index is 0.0746. The van der Waals surface area contributed by atoms with Crippen molar-refractivity contribution in [1.29, 1.82) is 0 Å². The quantitative estimate of drug-likeness (QED) is 0.323. The van der Waals surface area contributed by atoms with E-state index in [1.165, 1.54) is 25.3 Å². The molecule has 0 radical (unpaired) electrons. The van der Waals surface area contributed by atoms with Gasteiger partial charge in [-0.05, 0) is 55.8 Å². The van der Waals surface area contributed by atoms with Gasteiger partial charge >= 0.3 is 5.97 Å². The lowest BCUT2D eigenvalue weighted by Crippen LogP contribution is -2.29. The number of carbonyl (C=O) groups is 4. The maximum atomic E-state index is 13.0. The van der Waals surface area contributed by atoms with Gasteiger partial charge in [0.15, 0.2) is 6.61 Å². The lowest BCUT2D eigenvalue weighted by atomic mass is 10.0. The maximum Gasteiger partial charge on any atom is 0.338 e. The summed E-state index contributed by atoms with van der Waals surface area (Å²) in [6.07, 6.45) is 0. The molecule has 7 heteroatoms. The topological polar surface area (TPSA) is 90.0 Å². The highest BCUT2D eigenvalue weighted by Crippen LogP contribution is 2.35. The standard InChI is InChI=1S/C26H21NO6/c1-15-8-9-16(2)19(12-15)22(28)14-33-26(31)17-10-11-18-20(13-17)25(30)27(24(18)29)21-6-4-5-7-23(21)32-3/h4-13H,14H2,1-3H3. The number of fused-ring (bicyclic) bond motifs is 1. The lowest BCUT2D eigenvalue weighted by Gasteiger charge is -2.16. The zero-order valence-electron chi connectivity index (χ0n) is 18.4. The van der Waals surface area contributed by atoms with Crippen LogP contribution in [-0.4, -0.2) is 37.3 Å². The highest BCUT2D eigenvalue weighted by atomic mass is 16.5. The Hall–Kier alpha value is -4.26. The molecule has 3 aromatic carbocycles. The van der Waals surface area contributed by atoms with E-state index in [4.69, 9.17) is 9.47 Å². The molecule has 0 fully saturated rings. The molecular formula is C26H21NO6. The van der Waals surface area contributed by atoms with Gasteiger partial charge in [-0.25, -0.2) is 9.69 Å². The molecule has 0 aliphatic carbocycles. The SMILES string of the molecule is COc1ccccc1N1C(=O)c2ccc(C(=O)OCC(=O)c3cc(C)ccc3C)cc2C1=O. The smallest absolute Gasteiger partial charge is 0.338 e. The van der Waals surface area contributed by atoms with E-state index < -0.39 is 24.4 Å². The van der Waals surface area contributed by atoms with Gasteiger partial charge < -0.3 is 9.47 Å². The summed E-state index contributed by atoms with van der Waals surface area (Å²) in [5.41, 5.74) is 2.86. The minimum Gasteiger partial charge on any atom is -0.495 e. The number of benzene rings is 3. The third-order valence-corrected chi connectivity index (χ3v) is 5.48. The Morgan fingerprint density at radius 3 is 2.36 bits per heavy atom. The van der Waals surface area contributed by atoms with Crippen LogP contribution in [0.25, 0.3) is 0 Å². The second-order valence-electron chi connectivity index (χ2n) is 7.70. The Kier molecular flexibility index (Phi) is 5.79. The lowest BCUT2D eigenvalue weighted by molar-refractivity contribution is 0.0474. The number of amides is 2. The van der Waals surface area contributed by atoms with E-state index in [-0.39, 0.29) is 22.5 Å². The van der Waals surface area contributed by atoms with Crippen LogP contribution in [0.15, 0.2) is 60.7 Å². The van der Waals surface area contributed by atoms with Crippen molar-refractivity contribution in [3.05, 3.63) is 94.0 Å². The number of para-hydroxylation sites is 2. The number of methoxy groups -OCH3 is 1. The highest BCUT2D eigenvalue weighted by molar-refractivity contribution is 6.35. The summed E-state index contributed by atoms with van der Waals surface area (Å²) in [4.78, 5) is 52.0. The van der Waals surface area contributed by atoms with Crippen LogP contribution in [0, 0.1) is 13.8 Å². The number of esters is 1. The fourth-order valence-electron chi connectivity index (χ4n) is 3.73. The molecule has 1 aliphatic heterocycles. The predicted molar refractivity (Wildman–Crippen MR) is 121 cm³/mol. The Balaban J connectivity index is 1.54. The Morgan fingerprint density at radius 2 is 1.61 bits per heavy atom. The van der Waals surface area contributed by atoms with Crippen molar-refractivity contribution >= 4 is 29.3 Å². The molecule has 2 amide bonds. The number of hydrogen-bond donors (Lipinski definition) is 0. The number of ether oxygens (including phenoxy) is 2. The first-order valence-corrected chi connectivity index (χ1v) is 10.2. The summed E-state index contributed by atoms with van der Waals surface area (Å²) in [5.74, 6) is -1.78. The number of imide groups is 1. The summed E-state index contributed by atoms with van der Waals surface area (Å²) < 4.78 is 10.5. The van der Waals surface area contributed by atoms with Crippen molar-refractivity contribution in [2.45, 2.75) is 13.8 Å². The van der Waals surface area contributed by atoms with Crippen LogP contribution < -0.4 is 9.64 Å². The van der Waals surface area contributed by atoms with Gasteiger partial charge in [0, 0.05) is 5.56 Å². The number of ketones is 1. The van der Waals surface area contributed by atoms with Gasteiger partial charge in [0.05, 0.1) is 29.5 Å². The Morgan fingerprint density at radius 1 is 0.879 bits per heavy atom. The second kappa shape index (κ2) is 8.70. The molecule has 0 unspecified atom stereocenters. The Bertz CT molecular complexity index is 1310. The summed E-state index contributed by atoms with van der Waals surface area (Å²) in [6.45, 7) is 3.25. The average Bonchev–Trinajstić information content (AvgIpc) is 3.07. The van der Waals surface area contributed by atoms with Gasteiger partial charge in [0.25, 0.3) is 11.8 Å². The summed E-state index contributed by atoms with van der Waals surface area (Å²) in [7, 11) is 1.45. The number of nitrogens with zero attached hydrogens (tertiary/aromatic N) is 1. The molecule has 166 valence electrons. The monoisotopic (exact) mass is 443 g/mol. The van der Waals surface area contributed by atoms with E-state index in [0.29, 0.717) is 17.0 Å². The predicted octanol–water partition coefficient (Wildman–Crippen LogP) is 4.15. The molecule has 4 rings (SSSR count). The average molecular weight is 443 g/mol. The third-order valence-electron chi connectivity index (χ3n) is 5.48. The number of anilines is 1. The number of Topliss-reactive ketones (excluding diaryl/α,β-unsaturated/α-hetero) is 1. The van der Waals surface area contributed by atoms with E-state index in [9.17, 15) is 19.2 Å². The molecule has 0 aromatic heterocycles. The first kappa shape index (κ1) is 22.0. The van der Waals surface area contributed by atoms with Crippen molar-refractivity contribution in [3.8, 4) is 5.75 Å². The largest absolute Gasteiger partial charge is 0.495 e. The van der Waals surface area contributed by atoms with Gasteiger partial charge in [0.1, 0.15) is 5.75 Å². The van der Waals surface area contributed by atoms with Crippen molar-refractivity contribution in [2.24, 2.45) is 0 Å². The molecule has 0 saturated heterocycles. The zero-order chi connectivity index (χ0) is 23.7. The first-order valence-electron chi connectivity index (χ1n) is 10.2. The van der Waals surface area contributed by atoms with Gasteiger partial charge in [-0.15, -0.1) is 0 Å². The summed E-state index contributed by atoms with van der Waals surface area (Å²) in [5, 5.41) is 0. The molecule has 7 nitrogen and oxygen atoms in total. The van der Waals surface area contributed by atoms with Crippen LogP contribution in [0.4, 0.5) is 5.69 Å². The Labute approximate surface area is 190 Å². The molecule has 1 heterocycles. The normalized spacial score (nSPS) is 12.5. The summed E-state index contributed by atoms with van der Waals surface area (Å²) in [6, 6.07) is 16.3. The molecule has 1 aliphatic rings. The third kappa shape index (κ3) is 4.01. The molecule has 3 aromatic rings. The minimum atomic E-state index is -0.757. The van der Waals surface area contributed by atoms with Crippen LogP contribution in [-0.2, 0) is 4.74 Å². The molecule has 0 N–H and O–H groups in total. The second-order valence-corrected chi connectivity index (χ2v) is 7.70. The zero-order valence-corrected chi connectivity index (χ0v) is 18.4. The van der Waals surface area contributed by atoms with E-state index in [1.807, 2.05) is 26.0 Å². The van der Waals surface area contributed by atoms with Gasteiger partial charge in [-0.1, -0.05) is 29.8 Å². The van der Waals surface area contributed by atoms with E-state index in [2.05, 4.69) is 0 Å². The van der Waals surface area contributed by atoms with Crippen LogP contribution in [0.1, 0.15) is 52.6 Å². The number of rotatable bonds is 6. The van der Waals surface area contributed by atoms with E-state index >= 15 is 0 Å². The fraction of sp³-hybridized carbons (Fsp3) is 0.154. The molecular weight excluding hydrogens is 422 g/mol. The molecule has 0 atom stereocenters. The number of aryl methyl sites for hydroxylation is 2. The number of hydrogen-bond acceptors (Lipinski definition) is 6. The van der Waals surface area contributed by atoms with Crippen molar-refractivity contribution in [1.82, 2.24) is 0 Å². The summed E-state index contributed by atoms with van der Waals surface area (Å²) >= 11 is 0. The van der Waals surface area contributed by atoms with Crippen LogP contribution in [0.3, 0.4) is 0 Å². The first-order chi connectivity index (χ1) is 15.8. The van der Waals surface area contributed by atoms with Gasteiger partial charge in [-0.3, -0.25) is 14.4 Å². The molecule has 33 heavy (non-hydrogen) atoms. The van der Waals surface area contributed by atoms with E-state index in [0.717, 1.165) is 16.0 Å². The highest BCUT2D eigenvalue weighted by Gasteiger charge is 2.38. The molecule has 0 bridgehead atoms. The van der Waals surface area contributed by atoms with Crippen LogP contribution in [0.5, 0.6) is 5.75 Å². The van der Waals surface area contributed by atoms with Gasteiger partial charge in [0.2, 0.25) is 5.78 Å². The van der Waals surface area contributed by atoms with Crippen LogP contribution in [0.2, 0.25) is 0 Å². The van der Waals surface area contributed by atoms with Crippen molar-refractivity contribution < 1.29 is 28.7 Å².